The van der Waals surface area contributed by atoms with Gasteiger partial charge < -0.3 is 14.0 Å². The number of carbonyl (C=O) groups is 2. The van der Waals surface area contributed by atoms with Crippen molar-refractivity contribution in [1.29, 1.82) is 0 Å². The molecule has 0 fully saturated rings. The summed E-state index contributed by atoms with van der Waals surface area (Å²) in [6, 6.07) is 10.7. The SMILES string of the molecule is CCOC(=O)Cn1c(=NC(=O)c2ccc(OC)cc2)sc2cc(F)ccc21. The molecule has 2 aromatic carbocycles. The summed E-state index contributed by atoms with van der Waals surface area (Å²) in [6.45, 7) is 1.84. The zero-order chi connectivity index (χ0) is 19.4. The van der Waals surface area contributed by atoms with Crippen LogP contribution in [0.5, 0.6) is 5.75 Å². The number of amides is 1. The third-order valence-electron chi connectivity index (χ3n) is 3.77. The van der Waals surface area contributed by atoms with Crippen LogP contribution in [0.3, 0.4) is 0 Å². The van der Waals surface area contributed by atoms with Gasteiger partial charge >= 0.3 is 5.97 Å². The van der Waals surface area contributed by atoms with Gasteiger partial charge in [-0.3, -0.25) is 9.59 Å². The second kappa shape index (κ2) is 8.13. The van der Waals surface area contributed by atoms with E-state index in [-0.39, 0.29) is 13.2 Å². The number of hydrogen-bond acceptors (Lipinski definition) is 5. The van der Waals surface area contributed by atoms with Crippen LogP contribution in [0.4, 0.5) is 4.39 Å². The lowest BCUT2D eigenvalue weighted by molar-refractivity contribution is -0.143. The van der Waals surface area contributed by atoms with Gasteiger partial charge in [-0.05, 0) is 49.4 Å². The van der Waals surface area contributed by atoms with Gasteiger partial charge in [0.15, 0.2) is 4.80 Å². The van der Waals surface area contributed by atoms with Crippen molar-refractivity contribution in [3.8, 4) is 5.75 Å². The molecular formula is C19H17FN2O4S. The maximum absolute atomic E-state index is 13.6. The first kappa shape index (κ1) is 18.8. The molecule has 27 heavy (non-hydrogen) atoms. The highest BCUT2D eigenvalue weighted by Gasteiger charge is 2.13. The second-order valence-corrected chi connectivity index (χ2v) is 6.54. The molecule has 0 radical (unpaired) electrons. The van der Waals surface area contributed by atoms with Crippen LogP contribution in [0, 0.1) is 5.82 Å². The van der Waals surface area contributed by atoms with E-state index in [1.54, 1.807) is 41.8 Å². The number of esters is 1. The van der Waals surface area contributed by atoms with Crippen LogP contribution in [0.15, 0.2) is 47.5 Å². The van der Waals surface area contributed by atoms with Crippen molar-refractivity contribution in [3.05, 3.63) is 58.6 Å². The monoisotopic (exact) mass is 388 g/mol. The largest absolute Gasteiger partial charge is 0.497 e. The van der Waals surface area contributed by atoms with E-state index in [0.717, 1.165) is 11.3 Å². The van der Waals surface area contributed by atoms with Crippen molar-refractivity contribution in [2.75, 3.05) is 13.7 Å². The minimum atomic E-state index is -0.470. The molecule has 0 aliphatic carbocycles. The fourth-order valence-electron chi connectivity index (χ4n) is 2.51. The summed E-state index contributed by atoms with van der Waals surface area (Å²) < 4.78 is 25.8. The molecule has 0 unspecified atom stereocenters. The zero-order valence-electron chi connectivity index (χ0n) is 14.8. The molecule has 0 spiro atoms. The average molecular weight is 388 g/mol. The van der Waals surface area contributed by atoms with Crippen LogP contribution in [-0.2, 0) is 16.1 Å². The van der Waals surface area contributed by atoms with E-state index >= 15 is 0 Å². The number of nitrogens with zero attached hydrogens (tertiary/aromatic N) is 2. The summed E-state index contributed by atoms with van der Waals surface area (Å²) >= 11 is 1.13. The number of aromatic nitrogens is 1. The Labute approximate surface area is 158 Å². The lowest BCUT2D eigenvalue weighted by Crippen LogP contribution is -2.23. The molecule has 0 aliphatic rings. The van der Waals surface area contributed by atoms with Crippen LogP contribution in [0.25, 0.3) is 10.2 Å². The summed E-state index contributed by atoms with van der Waals surface area (Å²) in [4.78, 5) is 28.9. The van der Waals surface area contributed by atoms with Gasteiger partial charge in [-0.2, -0.15) is 4.99 Å². The van der Waals surface area contributed by atoms with E-state index < -0.39 is 17.7 Å². The molecule has 1 aromatic heterocycles. The van der Waals surface area contributed by atoms with Gasteiger partial charge in [-0.1, -0.05) is 11.3 Å². The molecule has 0 bridgehead atoms. The summed E-state index contributed by atoms with van der Waals surface area (Å²) in [7, 11) is 1.54. The standard InChI is InChI=1S/C19H17FN2O4S/c1-3-26-17(23)11-22-15-9-6-13(20)10-16(15)27-19(22)21-18(24)12-4-7-14(25-2)8-5-12/h4-10H,3,11H2,1-2H3. The van der Waals surface area contributed by atoms with Gasteiger partial charge in [0, 0.05) is 5.56 Å². The molecule has 0 atom stereocenters. The normalized spacial score (nSPS) is 11.6. The number of benzene rings is 2. The highest BCUT2D eigenvalue weighted by molar-refractivity contribution is 7.16. The number of thiazole rings is 1. The van der Waals surface area contributed by atoms with Gasteiger partial charge in [0.1, 0.15) is 18.1 Å². The summed E-state index contributed by atoms with van der Waals surface area (Å²) in [5, 5.41) is 0. The number of ether oxygens (including phenoxy) is 2. The Balaban J connectivity index is 2.06. The minimum Gasteiger partial charge on any atom is -0.497 e. The van der Waals surface area contributed by atoms with Crippen molar-refractivity contribution in [3.63, 3.8) is 0 Å². The second-order valence-electron chi connectivity index (χ2n) is 5.53. The van der Waals surface area contributed by atoms with Crippen LogP contribution in [0.2, 0.25) is 0 Å². The third-order valence-corrected chi connectivity index (χ3v) is 4.81. The number of fused-ring (bicyclic) bond motifs is 1. The zero-order valence-corrected chi connectivity index (χ0v) is 15.6. The predicted octanol–water partition coefficient (Wildman–Crippen LogP) is 3.15. The van der Waals surface area contributed by atoms with Gasteiger partial charge in [0.05, 0.1) is 23.9 Å². The topological polar surface area (TPSA) is 69.9 Å². The molecule has 6 nitrogen and oxygen atoms in total. The van der Waals surface area contributed by atoms with E-state index in [1.165, 1.54) is 19.2 Å². The van der Waals surface area contributed by atoms with Gasteiger partial charge in [0.25, 0.3) is 5.91 Å². The van der Waals surface area contributed by atoms with Gasteiger partial charge in [-0.15, -0.1) is 0 Å². The van der Waals surface area contributed by atoms with Gasteiger partial charge in [0.2, 0.25) is 0 Å². The van der Waals surface area contributed by atoms with E-state index in [2.05, 4.69) is 4.99 Å². The maximum Gasteiger partial charge on any atom is 0.326 e. The highest BCUT2D eigenvalue weighted by Crippen LogP contribution is 2.19. The van der Waals surface area contributed by atoms with Crippen LogP contribution < -0.4 is 9.54 Å². The van der Waals surface area contributed by atoms with Crippen molar-refractivity contribution in [1.82, 2.24) is 4.57 Å². The van der Waals surface area contributed by atoms with E-state index in [0.29, 0.717) is 26.3 Å². The third kappa shape index (κ3) is 4.22. The quantitative estimate of drug-likeness (QED) is 0.630. The molecule has 1 amide bonds. The Hall–Kier alpha value is -3.00. The summed E-state index contributed by atoms with van der Waals surface area (Å²) in [5.74, 6) is -0.705. The molecular weight excluding hydrogens is 371 g/mol. The molecule has 3 aromatic rings. The Morgan fingerprint density at radius 3 is 2.59 bits per heavy atom. The number of carbonyl (C=O) groups excluding carboxylic acids is 2. The molecule has 8 heteroatoms. The number of rotatable bonds is 5. The first-order chi connectivity index (χ1) is 13.0. The van der Waals surface area contributed by atoms with Crippen LogP contribution >= 0.6 is 11.3 Å². The van der Waals surface area contributed by atoms with Crippen LogP contribution in [0.1, 0.15) is 17.3 Å². The first-order valence-corrected chi connectivity index (χ1v) is 9.01. The molecule has 0 saturated carbocycles. The van der Waals surface area contributed by atoms with Crippen molar-refractivity contribution in [2.45, 2.75) is 13.5 Å². The number of hydrogen-bond donors (Lipinski definition) is 0. The minimum absolute atomic E-state index is 0.117. The highest BCUT2D eigenvalue weighted by atomic mass is 32.1. The van der Waals surface area contributed by atoms with E-state index in [1.807, 2.05) is 0 Å². The average Bonchev–Trinajstić information content (AvgIpc) is 2.98. The van der Waals surface area contributed by atoms with Crippen molar-refractivity contribution in [2.24, 2.45) is 4.99 Å². The fourth-order valence-corrected chi connectivity index (χ4v) is 3.56. The van der Waals surface area contributed by atoms with E-state index in [9.17, 15) is 14.0 Å². The molecule has 0 saturated heterocycles. The summed E-state index contributed by atoms with van der Waals surface area (Å²) in [6.07, 6.45) is 0. The molecule has 0 aliphatic heterocycles. The molecule has 1 heterocycles. The Kier molecular flexibility index (Phi) is 5.66. The molecule has 3 rings (SSSR count). The van der Waals surface area contributed by atoms with Crippen LogP contribution in [-0.4, -0.2) is 30.2 Å². The van der Waals surface area contributed by atoms with E-state index in [4.69, 9.17) is 9.47 Å². The Morgan fingerprint density at radius 1 is 1.19 bits per heavy atom. The maximum atomic E-state index is 13.6. The predicted molar refractivity (Wildman–Crippen MR) is 99.3 cm³/mol. The number of halogens is 1. The summed E-state index contributed by atoms with van der Waals surface area (Å²) in [5.41, 5.74) is 0.984. The number of methoxy groups -OCH3 is 1. The smallest absolute Gasteiger partial charge is 0.326 e. The molecule has 140 valence electrons. The van der Waals surface area contributed by atoms with Gasteiger partial charge in [-0.25, -0.2) is 4.39 Å². The van der Waals surface area contributed by atoms with Crippen molar-refractivity contribution < 1.29 is 23.5 Å². The Bertz CT molecular complexity index is 1050. The Morgan fingerprint density at radius 2 is 1.93 bits per heavy atom. The lowest BCUT2D eigenvalue weighted by Gasteiger charge is -2.05. The first-order valence-electron chi connectivity index (χ1n) is 8.19. The lowest BCUT2D eigenvalue weighted by atomic mass is 10.2. The fraction of sp³-hybridized carbons (Fsp3) is 0.211. The molecule has 0 N–H and O–H groups in total. The van der Waals surface area contributed by atoms with Crippen molar-refractivity contribution >= 4 is 33.4 Å².